The van der Waals surface area contributed by atoms with Crippen LogP contribution in [0, 0.1) is 5.82 Å². The van der Waals surface area contributed by atoms with E-state index in [9.17, 15) is 9.18 Å². The molecular weight excluding hydrogens is 211 g/mol. The number of halogens is 1. The predicted octanol–water partition coefficient (Wildman–Crippen LogP) is 2.69. The fourth-order valence-corrected chi connectivity index (χ4v) is 1.61. The van der Waals surface area contributed by atoms with Crippen molar-refractivity contribution in [2.45, 2.75) is 0 Å². The minimum Gasteiger partial charge on any atom is -0.496 e. The van der Waals surface area contributed by atoms with Gasteiger partial charge in [0.2, 0.25) is 0 Å². The van der Waals surface area contributed by atoms with E-state index in [1.54, 1.807) is 12.1 Å². The standard InChI is InChI=1S/C12H9FO3/c1-16-11-6-7(12(14)15)5-9-8(11)3-2-4-10(9)13/h2-6H,1H3,(H,14,15). The molecule has 2 rings (SSSR count). The van der Waals surface area contributed by atoms with Crippen molar-refractivity contribution in [2.75, 3.05) is 7.11 Å². The summed E-state index contributed by atoms with van der Waals surface area (Å²) >= 11 is 0. The molecular formula is C12H9FO3. The first-order valence-electron chi connectivity index (χ1n) is 4.63. The molecule has 0 spiro atoms. The fourth-order valence-electron chi connectivity index (χ4n) is 1.61. The smallest absolute Gasteiger partial charge is 0.335 e. The zero-order valence-corrected chi connectivity index (χ0v) is 8.53. The van der Waals surface area contributed by atoms with E-state index in [1.807, 2.05) is 0 Å². The van der Waals surface area contributed by atoms with Gasteiger partial charge in [-0.05, 0) is 18.2 Å². The first-order chi connectivity index (χ1) is 7.63. The second-order valence-electron chi connectivity index (χ2n) is 3.32. The molecule has 0 saturated heterocycles. The Morgan fingerprint density at radius 3 is 2.69 bits per heavy atom. The quantitative estimate of drug-likeness (QED) is 0.846. The van der Waals surface area contributed by atoms with Crippen LogP contribution in [-0.2, 0) is 0 Å². The van der Waals surface area contributed by atoms with Crippen LogP contribution in [0.1, 0.15) is 10.4 Å². The number of aromatic carboxylic acids is 1. The zero-order chi connectivity index (χ0) is 11.7. The third-order valence-corrected chi connectivity index (χ3v) is 2.37. The molecule has 0 aliphatic carbocycles. The van der Waals surface area contributed by atoms with Gasteiger partial charge in [-0.15, -0.1) is 0 Å². The molecule has 0 heterocycles. The third-order valence-electron chi connectivity index (χ3n) is 2.37. The van der Waals surface area contributed by atoms with Crippen molar-refractivity contribution < 1.29 is 19.0 Å². The van der Waals surface area contributed by atoms with Gasteiger partial charge in [0.05, 0.1) is 12.7 Å². The summed E-state index contributed by atoms with van der Waals surface area (Å²) in [5, 5.41) is 9.69. The highest BCUT2D eigenvalue weighted by Gasteiger charge is 2.11. The molecule has 0 atom stereocenters. The first kappa shape index (κ1) is 10.4. The van der Waals surface area contributed by atoms with E-state index in [4.69, 9.17) is 9.84 Å². The first-order valence-corrected chi connectivity index (χ1v) is 4.63. The molecule has 0 bridgehead atoms. The average Bonchev–Trinajstić information content (AvgIpc) is 2.28. The van der Waals surface area contributed by atoms with Crippen LogP contribution in [0.2, 0.25) is 0 Å². The number of benzene rings is 2. The van der Waals surface area contributed by atoms with Gasteiger partial charge in [-0.2, -0.15) is 0 Å². The lowest BCUT2D eigenvalue weighted by Gasteiger charge is -2.07. The van der Waals surface area contributed by atoms with Gasteiger partial charge in [0, 0.05) is 10.8 Å². The number of carboxylic acids is 1. The Bertz CT molecular complexity index is 563. The Kier molecular flexibility index (Phi) is 2.48. The molecule has 0 aliphatic heterocycles. The van der Waals surface area contributed by atoms with Gasteiger partial charge < -0.3 is 9.84 Å². The van der Waals surface area contributed by atoms with E-state index < -0.39 is 11.8 Å². The summed E-state index contributed by atoms with van der Waals surface area (Å²) in [6.07, 6.45) is 0. The second kappa shape index (κ2) is 3.81. The molecule has 0 amide bonds. The summed E-state index contributed by atoms with van der Waals surface area (Å²) in [6.45, 7) is 0. The highest BCUT2D eigenvalue weighted by atomic mass is 19.1. The molecule has 0 aromatic heterocycles. The van der Waals surface area contributed by atoms with E-state index >= 15 is 0 Å². The van der Waals surface area contributed by atoms with Gasteiger partial charge >= 0.3 is 5.97 Å². The van der Waals surface area contributed by atoms with Crippen molar-refractivity contribution in [3.63, 3.8) is 0 Å². The van der Waals surface area contributed by atoms with Crippen LogP contribution in [0.4, 0.5) is 4.39 Å². The zero-order valence-electron chi connectivity index (χ0n) is 8.53. The van der Waals surface area contributed by atoms with Crippen LogP contribution in [0.5, 0.6) is 5.75 Å². The number of fused-ring (bicyclic) bond motifs is 1. The molecule has 0 aliphatic rings. The monoisotopic (exact) mass is 220 g/mol. The predicted molar refractivity (Wildman–Crippen MR) is 57.4 cm³/mol. The number of rotatable bonds is 2. The van der Waals surface area contributed by atoms with Crippen molar-refractivity contribution in [1.29, 1.82) is 0 Å². The highest BCUT2D eigenvalue weighted by Crippen LogP contribution is 2.29. The van der Waals surface area contributed by atoms with Gasteiger partial charge in [0.15, 0.2) is 0 Å². The summed E-state index contributed by atoms with van der Waals surface area (Å²) in [7, 11) is 1.42. The average molecular weight is 220 g/mol. The third kappa shape index (κ3) is 1.58. The Morgan fingerprint density at radius 1 is 1.31 bits per heavy atom. The number of methoxy groups -OCH3 is 1. The molecule has 82 valence electrons. The lowest BCUT2D eigenvalue weighted by Crippen LogP contribution is -1.98. The summed E-state index contributed by atoms with van der Waals surface area (Å²) in [5.74, 6) is -1.21. The van der Waals surface area contributed by atoms with Gasteiger partial charge in [-0.3, -0.25) is 0 Å². The summed E-state index contributed by atoms with van der Waals surface area (Å²) in [5.41, 5.74) is 0.00875. The lowest BCUT2D eigenvalue weighted by atomic mass is 10.1. The van der Waals surface area contributed by atoms with Crippen molar-refractivity contribution in [1.82, 2.24) is 0 Å². The minimum absolute atomic E-state index is 0.00875. The Labute approximate surface area is 91.1 Å². The molecule has 0 unspecified atom stereocenters. The van der Waals surface area contributed by atoms with Crippen molar-refractivity contribution in [3.8, 4) is 5.75 Å². The van der Waals surface area contributed by atoms with Crippen molar-refractivity contribution >= 4 is 16.7 Å². The highest BCUT2D eigenvalue weighted by molar-refractivity contribution is 5.97. The number of ether oxygens (including phenoxy) is 1. The molecule has 4 heteroatoms. The van der Waals surface area contributed by atoms with Crippen LogP contribution in [0.25, 0.3) is 10.8 Å². The number of hydrogen-bond donors (Lipinski definition) is 1. The largest absolute Gasteiger partial charge is 0.496 e. The van der Waals surface area contributed by atoms with Gasteiger partial charge in [0.1, 0.15) is 11.6 Å². The second-order valence-corrected chi connectivity index (χ2v) is 3.32. The summed E-state index contributed by atoms with van der Waals surface area (Å²) in [6, 6.07) is 7.20. The van der Waals surface area contributed by atoms with Crippen LogP contribution >= 0.6 is 0 Å². The fraction of sp³-hybridized carbons (Fsp3) is 0.0833. The van der Waals surface area contributed by atoms with Gasteiger partial charge in [-0.1, -0.05) is 12.1 Å². The molecule has 0 fully saturated rings. The van der Waals surface area contributed by atoms with E-state index in [0.717, 1.165) is 0 Å². The topological polar surface area (TPSA) is 46.5 Å². The molecule has 1 N–H and O–H groups in total. The van der Waals surface area contributed by atoms with Crippen molar-refractivity contribution in [2.24, 2.45) is 0 Å². The maximum atomic E-state index is 13.5. The van der Waals surface area contributed by atoms with Crippen LogP contribution in [-0.4, -0.2) is 18.2 Å². The maximum Gasteiger partial charge on any atom is 0.335 e. The minimum atomic E-state index is -1.11. The van der Waals surface area contributed by atoms with Crippen LogP contribution < -0.4 is 4.74 Å². The Morgan fingerprint density at radius 2 is 2.06 bits per heavy atom. The molecule has 0 saturated carbocycles. The summed E-state index contributed by atoms with van der Waals surface area (Å²) < 4.78 is 18.5. The van der Waals surface area contributed by atoms with E-state index in [2.05, 4.69) is 0 Å². The van der Waals surface area contributed by atoms with Crippen LogP contribution in [0.3, 0.4) is 0 Å². The Hall–Kier alpha value is -2.10. The van der Waals surface area contributed by atoms with E-state index in [0.29, 0.717) is 11.1 Å². The van der Waals surface area contributed by atoms with E-state index in [-0.39, 0.29) is 10.9 Å². The Balaban J connectivity index is 2.84. The SMILES string of the molecule is COc1cc(C(=O)O)cc2c(F)cccc12. The molecule has 2 aromatic rings. The maximum absolute atomic E-state index is 13.5. The van der Waals surface area contributed by atoms with E-state index in [1.165, 1.54) is 25.3 Å². The van der Waals surface area contributed by atoms with Crippen molar-refractivity contribution in [3.05, 3.63) is 41.7 Å². The number of carbonyl (C=O) groups is 1. The number of carboxylic acid groups (broad SMARTS) is 1. The lowest BCUT2D eigenvalue weighted by molar-refractivity contribution is 0.0696. The molecule has 16 heavy (non-hydrogen) atoms. The summed E-state index contributed by atoms with van der Waals surface area (Å²) in [4.78, 5) is 10.8. The molecule has 3 nitrogen and oxygen atoms in total. The number of hydrogen-bond acceptors (Lipinski definition) is 2. The molecule has 0 radical (unpaired) electrons. The molecule has 2 aromatic carbocycles. The van der Waals surface area contributed by atoms with Gasteiger partial charge in [-0.25, -0.2) is 9.18 Å². The normalized spacial score (nSPS) is 10.4. The van der Waals surface area contributed by atoms with Gasteiger partial charge in [0.25, 0.3) is 0 Å². The van der Waals surface area contributed by atoms with Crippen LogP contribution in [0.15, 0.2) is 30.3 Å².